The zero-order valence-corrected chi connectivity index (χ0v) is 10.4. The first-order valence-corrected chi connectivity index (χ1v) is 5.70. The second-order valence-corrected chi connectivity index (χ2v) is 3.83. The Morgan fingerprint density at radius 1 is 1.33 bits per heavy atom. The van der Waals surface area contributed by atoms with Gasteiger partial charge in [0.15, 0.2) is 0 Å². The lowest BCUT2D eigenvalue weighted by molar-refractivity contribution is 0.411. The Bertz CT molecular complexity index is 562. The van der Waals surface area contributed by atoms with Crippen molar-refractivity contribution in [1.29, 1.82) is 0 Å². The molecule has 18 heavy (non-hydrogen) atoms. The molecule has 0 atom stereocenters. The van der Waals surface area contributed by atoms with Gasteiger partial charge in [-0.2, -0.15) is 0 Å². The largest absolute Gasteiger partial charge is 0.508 e. The summed E-state index contributed by atoms with van der Waals surface area (Å²) in [6, 6.07) is 8.92. The minimum absolute atomic E-state index is 0.217. The van der Waals surface area contributed by atoms with Gasteiger partial charge < -0.3 is 9.84 Å². The molecule has 0 aliphatic carbocycles. The first-order valence-electron chi connectivity index (χ1n) is 5.70. The number of aromatic nitrogens is 1. The van der Waals surface area contributed by atoms with E-state index in [-0.39, 0.29) is 5.75 Å². The standard InChI is InChI=1S/C15H15NO2/c1-3-13(11-5-4-8-16-10-11)14-9-12(17)6-7-15(14)18-2/h3-10,17H,1-2H3/b13-3-. The molecule has 1 aromatic heterocycles. The third-order valence-corrected chi connectivity index (χ3v) is 2.73. The van der Waals surface area contributed by atoms with Crippen molar-refractivity contribution in [2.24, 2.45) is 0 Å². The molecule has 0 amide bonds. The Kier molecular flexibility index (Phi) is 3.63. The zero-order valence-electron chi connectivity index (χ0n) is 10.4. The molecule has 0 saturated heterocycles. The fourth-order valence-electron chi connectivity index (χ4n) is 1.91. The molecule has 92 valence electrons. The quantitative estimate of drug-likeness (QED) is 0.897. The maximum absolute atomic E-state index is 9.63. The fraction of sp³-hybridized carbons (Fsp3) is 0.133. The monoisotopic (exact) mass is 241 g/mol. The summed E-state index contributed by atoms with van der Waals surface area (Å²) in [4.78, 5) is 4.11. The lowest BCUT2D eigenvalue weighted by atomic mass is 9.98. The Morgan fingerprint density at radius 2 is 2.17 bits per heavy atom. The molecule has 0 fully saturated rings. The Balaban J connectivity index is 2.56. The topological polar surface area (TPSA) is 42.4 Å². The van der Waals surface area contributed by atoms with Crippen LogP contribution in [-0.2, 0) is 0 Å². The maximum atomic E-state index is 9.63. The Labute approximate surface area is 106 Å². The van der Waals surface area contributed by atoms with Crippen molar-refractivity contribution in [3.63, 3.8) is 0 Å². The van der Waals surface area contributed by atoms with Crippen LogP contribution in [0.4, 0.5) is 0 Å². The average Bonchev–Trinajstić information content (AvgIpc) is 2.41. The van der Waals surface area contributed by atoms with E-state index in [1.807, 2.05) is 25.1 Å². The van der Waals surface area contributed by atoms with Crippen molar-refractivity contribution < 1.29 is 9.84 Å². The summed E-state index contributed by atoms with van der Waals surface area (Å²) in [6.07, 6.45) is 5.50. The van der Waals surface area contributed by atoms with Gasteiger partial charge in [0.25, 0.3) is 0 Å². The summed E-state index contributed by atoms with van der Waals surface area (Å²) in [7, 11) is 1.62. The van der Waals surface area contributed by atoms with Crippen LogP contribution in [0.2, 0.25) is 0 Å². The lowest BCUT2D eigenvalue weighted by Crippen LogP contribution is -1.93. The SMILES string of the molecule is C/C=C(/c1cccnc1)c1cc(O)ccc1OC. The van der Waals surface area contributed by atoms with Crippen LogP contribution in [0, 0.1) is 0 Å². The molecule has 0 aliphatic rings. The van der Waals surface area contributed by atoms with Gasteiger partial charge in [0.1, 0.15) is 11.5 Å². The van der Waals surface area contributed by atoms with Crippen LogP contribution < -0.4 is 4.74 Å². The predicted octanol–water partition coefficient (Wildman–Crippen LogP) is 3.25. The van der Waals surface area contributed by atoms with E-state index in [1.54, 1.807) is 37.7 Å². The van der Waals surface area contributed by atoms with E-state index in [4.69, 9.17) is 4.74 Å². The average molecular weight is 241 g/mol. The smallest absolute Gasteiger partial charge is 0.126 e. The van der Waals surface area contributed by atoms with Crippen molar-refractivity contribution in [2.75, 3.05) is 7.11 Å². The zero-order chi connectivity index (χ0) is 13.0. The summed E-state index contributed by atoms with van der Waals surface area (Å²) in [5.74, 6) is 0.943. The number of allylic oxidation sites excluding steroid dienone is 1. The van der Waals surface area contributed by atoms with Crippen LogP contribution in [0.25, 0.3) is 5.57 Å². The van der Waals surface area contributed by atoms with E-state index in [1.165, 1.54) is 0 Å². The molecule has 1 N–H and O–H groups in total. The number of aromatic hydroxyl groups is 1. The molecular weight excluding hydrogens is 226 g/mol. The highest BCUT2D eigenvalue weighted by atomic mass is 16.5. The number of pyridine rings is 1. The number of hydrogen-bond donors (Lipinski definition) is 1. The molecule has 0 bridgehead atoms. The fourth-order valence-corrected chi connectivity index (χ4v) is 1.91. The normalized spacial score (nSPS) is 11.3. The predicted molar refractivity (Wildman–Crippen MR) is 71.6 cm³/mol. The first kappa shape index (κ1) is 12.2. The van der Waals surface area contributed by atoms with Crippen molar-refractivity contribution >= 4 is 5.57 Å². The van der Waals surface area contributed by atoms with E-state index in [2.05, 4.69) is 4.98 Å². The van der Waals surface area contributed by atoms with Crippen molar-refractivity contribution in [1.82, 2.24) is 4.98 Å². The molecule has 1 heterocycles. The second kappa shape index (κ2) is 5.36. The number of rotatable bonds is 3. The highest BCUT2D eigenvalue weighted by Crippen LogP contribution is 2.33. The number of ether oxygens (including phenoxy) is 1. The number of hydrogen-bond acceptors (Lipinski definition) is 3. The van der Waals surface area contributed by atoms with Gasteiger partial charge in [-0.3, -0.25) is 4.98 Å². The van der Waals surface area contributed by atoms with Gasteiger partial charge in [-0.15, -0.1) is 0 Å². The third kappa shape index (κ3) is 2.35. The summed E-state index contributed by atoms with van der Waals surface area (Å²) in [5, 5.41) is 9.63. The van der Waals surface area contributed by atoms with Crippen LogP contribution >= 0.6 is 0 Å². The summed E-state index contributed by atoms with van der Waals surface area (Å²) >= 11 is 0. The van der Waals surface area contributed by atoms with Crippen LogP contribution in [0.1, 0.15) is 18.1 Å². The van der Waals surface area contributed by atoms with Crippen LogP contribution in [0.3, 0.4) is 0 Å². The lowest BCUT2D eigenvalue weighted by Gasteiger charge is -2.12. The highest BCUT2D eigenvalue weighted by molar-refractivity contribution is 5.82. The van der Waals surface area contributed by atoms with Gasteiger partial charge in [-0.1, -0.05) is 12.1 Å². The van der Waals surface area contributed by atoms with Gasteiger partial charge in [0.2, 0.25) is 0 Å². The molecule has 0 unspecified atom stereocenters. The number of benzene rings is 1. The summed E-state index contributed by atoms with van der Waals surface area (Å²) in [5.41, 5.74) is 2.83. The molecular formula is C15H15NO2. The number of nitrogens with zero attached hydrogens (tertiary/aromatic N) is 1. The molecule has 2 aromatic rings. The van der Waals surface area contributed by atoms with Crippen LogP contribution in [0.5, 0.6) is 11.5 Å². The van der Waals surface area contributed by atoms with E-state index >= 15 is 0 Å². The van der Waals surface area contributed by atoms with Crippen molar-refractivity contribution in [2.45, 2.75) is 6.92 Å². The van der Waals surface area contributed by atoms with E-state index in [0.29, 0.717) is 0 Å². The van der Waals surface area contributed by atoms with Gasteiger partial charge in [0, 0.05) is 23.5 Å². The van der Waals surface area contributed by atoms with Crippen LogP contribution in [0.15, 0.2) is 48.8 Å². The van der Waals surface area contributed by atoms with Gasteiger partial charge in [-0.05, 0) is 36.8 Å². The summed E-state index contributed by atoms with van der Waals surface area (Å²) in [6.45, 7) is 1.95. The number of phenols is 1. The van der Waals surface area contributed by atoms with E-state index in [0.717, 1.165) is 22.4 Å². The molecule has 0 saturated carbocycles. The summed E-state index contributed by atoms with van der Waals surface area (Å²) < 4.78 is 5.33. The minimum Gasteiger partial charge on any atom is -0.508 e. The molecule has 0 aliphatic heterocycles. The van der Waals surface area contributed by atoms with Crippen molar-refractivity contribution in [3.8, 4) is 11.5 Å². The van der Waals surface area contributed by atoms with E-state index in [9.17, 15) is 5.11 Å². The molecule has 2 rings (SSSR count). The third-order valence-electron chi connectivity index (χ3n) is 2.73. The molecule has 1 aromatic carbocycles. The molecule has 0 spiro atoms. The van der Waals surface area contributed by atoms with Gasteiger partial charge in [0.05, 0.1) is 7.11 Å². The molecule has 3 heteroatoms. The highest BCUT2D eigenvalue weighted by Gasteiger charge is 2.11. The Morgan fingerprint density at radius 3 is 2.78 bits per heavy atom. The van der Waals surface area contributed by atoms with Gasteiger partial charge >= 0.3 is 0 Å². The second-order valence-electron chi connectivity index (χ2n) is 3.83. The number of methoxy groups -OCH3 is 1. The van der Waals surface area contributed by atoms with Crippen LogP contribution in [-0.4, -0.2) is 17.2 Å². The Hall–Kier alpha value is -2.29. The van der Waals surface area contributed by atoms with Gasteiger partial charge in [-0.25, -0.2) is 0 Å². The molecule has 0 radical (unpaired) electrons. The first-order chi connectivity index (χ1) is 8.76. The van der Waals surface area contributed by atoms with E-state index < -0.39 is 0 Å². The molecule has 3 nitrogen and oxygen atoms in total. The number of phenolic OH excluding ortho intramolecular Hbond substituents is 1. The van der Waals surface area contributed by atoms with Crippen molar-refractivity contribution in [3.05, 3.63) is 59.9 Å². The minimum atomic E-state index is 0.217. The maximum Gasteiger partial charge on any atom is 0.126 e.